The number of fused-ring (bicyclic) bond motifs is 1. The van der Waals surface area contributed by atoms with Gasteiger partial charge in [-0.1, -0.05) is 28.1 Å². The number of nitrogens with one attached hydrogen (secondary N) is 1. The number of methoxy groups -OCH3 is 1. The molecular formula is C21H18BrN5O2. The molecule has 1 amide bonds. The van der Waals surface area contributed by atoms with Crippen molar-refractivity contribution in [1.82, 2.24) is 19.8 Å². The molecule has 0 atom stereocenters. The summed E-state index contributed by atoms with van der Waals surface area (Å²) in [4.78, 5) is 12.7. The molecular weight excluding hydrogens is 434 g/mol. The molecule has 0 saturated carbocycles. The Hall–Kier alpha value is -3.26. The summed E-state index contributed by atoms with van der Waals surface area (Å²) < 4.78 is 7.80. The SMILES string of the molecule is COc1ccc(NC(=O)c2nnc3c(-c4ccc(Br)cc4)c(C)nn3c2C)cc1. The Morgan fingerprint density at radius 3 is 2.38 bits per heavy atom. The van der Waals surface area contributed by atoms with E-state index < -0.39 is 0 Å². The maximum Gasteiger partial charge on any atom is 0.278 e. The third kappa shape index (κ3) is 3.58. The molecule has 4 rings (SSSR count). The number of halogens is 1. The predicted octanol–water partition coefficient (Wildman–Crippen LogP) is 4.43. The van der Waals surface area contributed by atoms with Crippen LogP contribution in [0.3, 0.4) is 0 Å². The van der Waals surface area contributed by atoms with Crippen LogP contribution in [-0.2, 0) is 0 Å². The smallest absolute Gasteiger partial charge is 0.278 e. The molecule has 146 valence electrons. The van der Waals surface area contributed by atoms with Gasteiger partial charge in [0.05, 0.1) is 24.1 Å². The van der Waals surface area contributed by atoms with E-state index in [1.54, 1.807) is 35.9 Å². The number of carbonyl (C=O) groups is 1. The average molecular weight is 452 g/mol. The first-order valence-corrected chi connectivity index (χ1v) is 9.71. The van der Waals surface area contributed by atoms with Gasteiger partial charge in [0.15, 0.2) is 11.3 Å². The highest BCUT2D eigenvalue weighted by atomic mass is 79.9. The minimum absolute atomic E-state index is 0.221. The van der Waals surface area contributed by atoms with E-state index in [9.17, 15) is 4.79 Å². The number of rotatable bonds is 4. The van der Waals surface area contributed by atoms with E-state index in [4.69, 9.17) is 4.74 Å². The van der Waals surface area contributed by atoms with E-state index in [0.29, 0.717) is 22.8 Å². The Labute approximate surface area is 175 Å². The summed E-state index contributed by atoms with van der Waals surface area (Å²) in [6.07, 6.45) is 0. The second kappa shape index (κ2) is 7.63. The third-order valence-corrected chi connectivity index (χ3v) is 5.17. The van der Waals surface area contributed by atoms with E-state index in [2.05, 4.69) is 36.5 Å². The van der Waals surface area contributed by atoms with E-state index in [1.807, 2.05) is 38.1 Å². The first kappa shape index (κ1) is 19.1. The fourth-order valence-corrected chi connectivity index (χ4v) is 3.40. The van der Waals surface area contributed by atoms with Crippen LogP contribution in [0.25, 0.3) is 16.8 Å². The van der Waals surface area contributed by atoms with Gasteiger partial charge in [-0.25, -0.2) is 4.52 Å². The molecule has 4 aromatic rings. The summed E-state index contributed by atoms with van der Waals surface area (Å²) in [5, 5.41) is 15.9. The Bertz CT molecular complexity index is 1200. The maximum absolute atomic E-state index is 12.7. The van der Waals surface area contributed by atoms with Crippen LogP contribution in [0.1, 0.15) is 21.9 Å². The lowest BCUT2D eigenvalue weighted by atomic mass is 10.1. The van der Waals surface area contributed by atoms with Crippen LogP contribution in [0.2, 0.25) is 0 Å². The van der Waals surface area contributed by atoms with Crippen molar-refractivity contribution in [3.05, 3.63) is 70.1 Å². The van der Waals surface area contributed by atoms with Crippen LogP contribution < -0.4 is 10.1 Å². The Morgan fingerprint density at radius 1 is 1.03 bits per heavy atom. The van der Waals surface area contributed by atoms with E-state index in [-0.39, 0.29) is 11.6 Å². The molecule has 2 aromatic carbocycles. The van der Waals surface area contributed by atoms with Crippen LogP contribution in [-0.4, -0.2) is 32.8 Å². The van der Waals surface area contributed by atoms with Crippen molar-refractivity contribution in [2.45, 2.75) is 13.8 Å². The molecule has 29 heavy (non-hydrogen) atoms. The number of nitrogens with zero attached hydrogens (tertiary/aromatic N) is 4. The zero-order valence-corrected chi connectivity index (χ0v) is 17.7. The number of amides is 1. The molecule has 0 aliphatic rings. The molecule has 0 aliphatic heterocycles. The predicted molar refractivity (Wildman–Crippen MR) is 114 cm³/mol. The Balaban J connectivity index is 1.70. The third-order valence-electron chi connectivity index (χ3n) is 4.64. The van der Waals surface area contributed by atoms with Crippen LogP contribution in [0.15, 0.2) is 53.0 Å². The van der Waals surface area contributed by atoms with Crippen molar-refractivity contribution in [2.24, 2.45) is 0 Å². The summed E-state index contributed by atoms with van der Waals surface area (Å²) in [7, 11) is 1.59. The standard InChI is InChI=1S/C21H18BrN5O2/c1-12-18(14-4-6-15(22)7-5-14)20-25-24-19(13(2)27(20)26-12)21(28)23-16-8-10-17(29-3)11-9-16/h4-11H,1-3H3,(H,23,28). The number of aromatic nitrogens is 4. The van der Waals surface area contributed by atoms with Crippen molar-refractivity contribution in [2.75, 3.05) is 12.4 Å². The van der Waals surface area contributed by atoms with Gasteiger partial charge in [0, 0.05) is 10.2 Å². The molecule has 8 heteroatoms. The zero-order chi connectivity index (χ0) is 20.5. The lowest BCUT2D eigenvalue weighted by Crippen LogP contribution is -2.18. The second-order valence-corrected chi connectivity index (χ2v) is 7.44. The van der Waals surface area contributed by atoms with Gasteiger partial charge in [0.25, 0.3) is 5.91 Å². The van der Waals surface area contributed by atoms with Gasteiger partial charge in [0.1, 0.15) is 5.75 Å². The van der Waals surface area contributed by atoms with Crippen molar-refractivity contribution < 1.29 is 9.53 Å². The highest BCUT2D eigenvalue weighted by Gasteiger charge is 2.20. The quantitative estimate of drug-likeness (QED) is 0.496. The van der Waals surface area contributed by atoms with E-state index in [0.717, 1.165) is 21.3 Å². The molecule has 0 saturated heterocycles. The lowest BCUT2D eigenvalue weighted by molar-refractivity contribution is 0.102. The molecule has 0 aliphatic carbocycles. The molecule has 2 aromatic heterocycles. The van der Waals surface area contributed by atoms with E-state index >= 15 is 0 Å². The molecule has 2 heterocycles. The minimum atomic E-state index is -0.347. The summed E-state index contributed by atoms with van der Waals surface area (Å²) in [6.45, 7) is 3.73. The minimum Gasteiger partial charge on any atom is -0.497 e. The van der Waals surface area contributed by atoms with Gasteiger partial charge in [0.2, 0.25) is 0 Å². The number of hydrogen-bond donors (Lipinski definition) is 1. The van der Waals surface area contributed by atoms with Crippen molar-refractivity contribution in [3.8, 4) is 16.9 Å². The number of carbonyl (C=O) groups excluding carboxylic acids is 1. The molecule has 1 N–H and O–H groups in total. The van der Waals surface area contributed by atoms with Crippen LogP contribution in [0.5, 0.6) is 5.75 Å². The second-order valence-electron chi connectivity index (χ2n) is 6.52. The molecule has 0 spiro atoms. The molecule has 0 bridgehead atoms. The number of anilines is 1. The Morgan fingerprint density at radius 2 is 1.72 bits per heavy atom. The summed E-state index contributed by atoms with van der Waals surface area (Å²) in [5.41, 5.74) is 4.80. The fraction of sp³-hybridized carbons (Fsp3) is 0.143. The number of ether oxygens (including phenoxy) is 1. The van der Waals surface area contributed by atoms with Crippen molar-refractivity contribution in [3.63, 3.8) is 0 Å². The number of benzene rings is 2. The molecule has 0 fully saturated rings. The first-order chi connectivity index (χ1) is 14.0. The molecule has 0 radical (unpaired) electrons. The van der Waals surface area contributed by atoms with Gasteiger partial charge in [-0.2, -0.15) is 5.10 Å². The topological polar surface area (TPSA) is 81.4 Å². The summed E-state index contributed by atoms with van der Waals surface area (Å²) >= 11 is 3.45. The van der Waals surface area contributed by atoms with Crippen LogP contribution in [0, 0.1) is 13.8 Å². The van der Waals surface area contributed by atoms with Crippen molar-refractivity contribution >= 4 is 33.2 Å². The highest BCUT2D eigenvalue weighted by molar-refractivity contribution is 9.10. The average Bonchev–Trinajstić information content (AvgIpc) is 3.06. The Kier molecular flexibility index (Phi) is 5.02. The summed E-state index contributed by atoms with van der Waals surface area (Å²) in [5.74, 6) is 0.369. The van der Waals surface area contributed by atoms with Gasteiger partial charge in [-0.15, -0.1) is 10.2 Å². The largest absolute Gasteiger partial charge is 0.497 e. The van der Waals surface area contributed by atoms with Gasteiger partial charge < -0.3 is 10.1 Å². The van der Waals surface area contributed by atoms with Gasteiger partial charge in [-0.3, -0.25) is 4.79 Å². The number of aryl methyl sites for hydroxylation is 2. The lowest BCUT2D eigenvalue weighted by Gasteiger charge is -2.08. The monoisotopic (exact) mass is 451 g/mol. The molecule has 0 unspecified atom stereocenters. The maximum atomic E-state index is 12.7. The van der Waals surface area contributed by atoms with Crippen LogP contribution in [0.4, 0.5) is 5.69 Å². The summed E-state index contributed by atoms with van der Waals surface area (Å²) in [6, 6.07) is 15.0. The number of hydrogen-bond acceptors (Lipinski definition) is 5. The van der Waals surface area contributed by atoms with Gasteiger partial charge >= 0.3 is 0 Å². The fourth-order valence-electron chi connectivity index (χ4n) is 3.14. The van der Waals surface area contributed by atoms with Crippen LogP contribution >= 0.6 is 15.9 Å². The van der Waals surface area contributed by atoms with E-state index in [1.165, 1.54) is 0 Å². The zero-order valence-electron chi connectivity index (χ0n) is 16.1. The first-order valence-electron chi connectivity index (χ1n) is 8.92. The van der Waals surface area contributed by atoms with Crippen molar-refractivity contribution in [1.29, 1.82) is 0 Å². The highest BCUT2D eigenvalue weighted by Crippen LogP contribution is 2.29. The normalized spacial score (nSPS) is 10.9. The molecule has 7 nitrogen and oxygen atoms in total. The van der Waals surface area contributed by atoms with Gasteiger partial charge in [-0.05, 0) is 55.8 Å².